The number of hydrogen-bond acceptors (Lipinski definition) is 3. The topological polar surface area (TPSA) is 35.5 Å². The lowest BCUT2D eigenvalue weighted by atomic mass is 10.8. The second-order valence-corrected chi connectivity index (χ2v) is 3.50. The van der Waals surface area contributed by atoms with Gasteiger partial charge < -0.3 is 9.47 Å². The lowest BCUT2D eigenvalue weighted by molar-refractivity contribution is 0.0525. The van der Waals surface area contributed by atoms with E-state index in [-0.39, 0.29) is 6.61 Å². The fourth-order valence-corrected chi connectivity index (χ4v) is 0.496. The van der Waals surface area contributed by atoms with Crippen molar-refractivity contribution in [3.63, 3.8) is 0 Å². The molecule has 6 heteroatoms. The summed E-state index contributed by atoms with van der Waals surface area (Å²) in [7, 11) is 0. The van der Waals surface area contributed by atoms with E-state index in [2.05, 4.69) is 9.47 Å². The van der Waals surface area contributed by atoms with Gasteiger partial charge in [-0.2, -0.15) is 0 Å². The molecule has 0 rings (SSSR count). The van der Waals surface area contributed by atoms with E-state index < -0.39 is 16.6 Å². The number of hydrogen-bond donors (Lipinski definition) is 0. The molecule has 3 nitrogen and oxygen atoms in total. The number of halogens is 3. The molecule has 0 saturated carbocycles. The van der Waals surface area contributed by atoms with Crippen molar-refractivity contribution in [2.75, 3.05) is 6.61 Å². The monoisotopic (exact) mass is 220 g/mol. The van der Waals surface area contributed by atoms with Crippen LogP contribution in [0.3, 0.4) is 0 Å². The minimum atomic E-state index is -0.876. The Labute approximate surface area is 79.5 Å². The Morgan fingerprint density at radius 3 is 2.36 bits per heavy atom. The standard InChI is InChI=1S/C5H7Cl3O3/c1-3(6)11-5(9)10-2-4(7)8/h3-4H,2H2,1H3. The van der Waals surface area contributed by atoms with Crippen LogP contribution in [0.15, 0.2) is 0 Å². The van der Waals surface area contributed by atoms with E-state index in [1.165, 1.54) is 6.92 Å². The first-order chi connectivity index (χ1) is 5.02. The lowest BCUT2D eigenvalue weighted by Gasteiger charge is -2.06. The zero-order valence-electron chi connectivity index (χ0n) is 5.72. The van der Waals surface area contributed by atoms with E-state index in [1.54, 1.807) is 0 Å². The third-order valence-electron chi connectivity index (χ3n) is 0.586. The molecule has 11 heavy (non-hydrogen) atoms. The van der Waals surface area contributed by atoms with Gasteiger partial charge in [0.05, 0.1) is 0 Å². The first-order valence-corrected chi connectivity index (χ1v) is 4.09. The highest BCUT2D eigenvalue weighted by atomic mass is 35.5. The average Bonchev–Trinajstić information content (AvgIpc) is 1.82. The molecule has 0 amide bonds. The van der Waals surface area contributed by atoms with Crippen molar-refractivity contribution < 1.29 is 14.3 Å². The van der Waals surface area contributed by atoms with Crippen molar-refractivity contribution in [2.24, 2.45) is 0 Å². The maximum Gasteiger partial charge on any atom is 0.509 e. The first kappa shape index (κ1) is 11.1. The van der Waals surface area contributed by atoms with Crippen LogP contribution in [0.2, 0.25) is 0 Å². The van der Waals surface area contributed by atoms with Crippen LogP contribution >= 0.6 is 34.8 Å². The highest BCUT2D eigenvalue weighted by molar-refractivity contribution is 6.44. The van der Waals surface area contributed by atoms with Gasteiger partial charge in [-0.3, -0.25) is 0 Å². The molecule has 0 N–H and O–H groups in total. The van der Waals surface area contributed by atoms with Crippen molar-refractivity contribution in [1.82, 2.24) is 0 Å². The van der Waals surface area contributed by atoms with Gasteiger partial charge in [-0.1, -0.05) is 11.6 Å². The molecule has 0 spiro atoms. The van der Waals surface area contributed by atoms with Crippen LogP contribution in [-0.2, 0) is 9.47 Å². The van der Waals surface area contributed by atoms with Crippen LogP contribution in [0.4, 0.5) is 4.79 Å². The van der Waals surface area contributed by atoms with Gasteiger partial charge in [-0.05, 0) is 6.92 Å². The smallest absolute Gasteiger partial charge is 0.431 e. The van der Waals surface area contributed by atoms with Gasteiger partial charge in [0, 0.05) is 0 Å². The molecule has 0 fully saturated rings. The van der Waals surface area contributed by atoms with Crippen LogP contribution in [0, 0.1) is 0 Å². The molecular weight excluding hydrogens is 214 g/mol. The first-order valence-electron chi connectivity index (χ1n) is 2.78. The molecule has 0 aliphatic rings. The Balaban J connectivity index is 3.38. The second kappa shape index (κ2) is 5.75. The molecule has 0 bridgehead atoms. The maximum absolute atomic E-state index is 10.5. The maximum atomic E-state index is 10.5. The fourth-order valence-electron chi connectivity index (χ4n) is 0.298. The lowest BCUT2D eigenvalue weighted by Crippen LogP contribution is -2.14. The fraction of sp³-hybridized carbons (Fsp3) is 0.800. The molecule has 1 unspecified atom stereocenters. The molecule has 0 aliphatic heterocycles. The van der Waals surface area contributed by atoms with Crippen LogP contribution in [0.25, 0.3) is 0 Å². The summed E-state index contributed by atoms with van der Waals surface area (Å²) in [5.74, 6) is 0. The normalized spacial score (nSPS) is 12.8. The summed E-state index contributed by atoms with van der Waals surface area (Å²) in [6, 6.07) is 0. The summed E-state index contributed by atoms with van der Waals surface area (Å²) in [4.78, 5) is 9.77. The number of rotatable bonds is 3. The zero-order chi connectivity index (χ0) is 8.85. The number of alkyl halides is 3. The molecule has 1 atom stereocenters. The van der Waals surface area contributed by atoms with Gasteiger partial charge in [0.2, 0.25) is 0 Å². The zero-order valence-corrected chi connectivity index (χ0v) is 7.99. The van der Waals surface area contributed by atoms with Crippen molar-refractivity contribution >= 4 is 41.0 Å². The Hall–Kier alpha value is 0.140. The molecule has 66 valence electrons. The largest absolute Gasteiger partial charge is 0.509 e. The highest BCUT2D eigenvalue weighted by Gasteiger charge is 2.09. The molecule has 0 aliphatic carbocycles. The third-order valence-corrected chi connectivity index (χ3v) is 0.927. The number of ether oxygens (including phenoxy) is 2. The SMILES string of the molecule is CC(Cl)OC(=O)OCC(Cl)Cl. The summed E-state index contributed by atoms with van der Waals surface area (Å²) in [6.45, 7) is 1.38. The van der Waals surface area contributed by atoms with Gasteiger partial charge in [0.25, 0.3) is 0 Å². The van der Waals surface area contributed by atoms with Gasteiger partial charge in [-0.15, -0.1) is 23.2 Å². The van der Waals surface area contributed by atoms with Crippen molar-refractivity contribution in [2.45, 2.75) is 17.3 Å². The summed E-state index contributed by atoms with van der Waals surface area (Å²) < 4.78 is 8.79. The molecule has 0 saturated heterocycles. The minimum Gasteiger partial charge on any atom is -0.431 e. The van der Waals surface area contributed by atoms with E-state index in [0.29, 0.717) is 0 Å². The highest BCUT2D eigenvalue weighted by Crippen LogP contribution is 2.04. The Bertz CT molecular complexity index is 126. The van der Waals surface area contributed by atoms with E-state index in [1.807, 2.05) is 0 Å². The van der Waals surface area contributed by atoms with Crippen LogP contribution in [0.1, 0.15) is 6.92 Å². The molecule has 0 heterocycles. The summed E-state index contributed by atoms with van der Waals surface area (Å²) >= 11 is 15.8. The van der Waals surface area contributed by atoms with Gasteiger partial charge >= 0.3 is 6.16 Å². The Kier molecular flexibility index (Phi) is 5.82. The molecule has 0 aromatic heterocycles. The average molecular weight is 221 g/mol. The second-order valence-electron chi connectivity index (χ2n) is 1.61. The summed E-state index contributed by atoms with van der Waals surface area (Å²) in [5.41, 5.74) is -0.716. The molecule has 0 radical (unpaired) electrons. The molecular formula is C5H7Cl3O3. The number of carbonyl (C=O) groups is 1. The van der Waals surface area contributed by atoms with E-state index >= 15 is 0 Å². The van der Waals surface area contributed by atoms with Crippen LogP contribution in [-0.4, -0.2) is 23.2 Å². The minimum absolute atomic E-state index is 0.106. The summed E-state index contributed by atoms with van der Waals surface area (Å²) in [6.07, 6.45) is -0.876. The Morgan fingerprint density at radius 2 is 2.00 bits per heavy atom. The third kappa shape index (κ3) is 8.04. The van der Waals surface area contributed by atoms with E-state index in [0.717, 1.165) is 0 Å². The van der Waals surface area contributed by atoms with E-state index in [4.69, 9.17) is 34.8 Å². The number of carbonyl (C=O) groups excluding carboxylic acids is 1. The molecule has 0 aromatic carbocycles. The van der Waals surface area contributed by atoms with Gasteiger partial charge in [-0.25, -0.2) is 4.79 Å². The van der Waals surface area contributed by atoms with Crippen LogP contribution in [0.5, 0.6) is 0 Å². The van der Waals surface area contributed by atoms with E-state index in [9.17, 15) is 4.79 Å². The molecule has 0 aromatic rings. The van der Waals surface area contributed by atoms with Crippen molar-refractivity contribution in [1.29, 1.82) is 0 Å². The van der Waals surface area contributed by atoms with Gasteiger partial charge in [0.15, 0.2) is 5.56 Å². The van der Waals surface area contributed by atoms with Crippen molar-refractivity contribution in [3.8, 4) is 0 Å². The van der Waals surface area contributed by atoms with Crippen LogP contribution < -0.4 is 0 Å². The quantitative estimate of drug-likeness (QED) is 0.543. The summed E-state index contributed by atoms with van der Waals surface area (Å²) in [5, 5.41) is 0. The Morgan fingerprint density at radius 1 is 1.45 bits per heavy atom. The van der Waals surface area contributed by atoms with Crippen molar-refractivity contribution in [3.05, 3.63) is 0 Å². The predicted molar refractivity (Wildman–Crippen MR) is 43.2 cm³/mol. The predicted octanol–water partition coefficient (Wildman–Crippen LogP) is 2.53. The van der Waals surface area contributed by atoms with Gasteiger partial charge in [0.1, 0.15) is 11.4 Å².